The molecule has 0 aromatic heterocycles. The van der Waals surface area contributed by atoms with Crippen LogP contribution in [0.5, 0.6) is 0 Å². The Kier molecular flexibility index (Phi) is 7.70. The molecule has 1 saturated carbocycles. The van der Waals surface area contributed by atoms with E-state index in [1.165, 1.54) is 59.1 Å². The van der Waals surface area contributed by atoms with Gasteiger partial charge in [0, 0.05) is 13.1 Å². The summed E-state index contributed by atoms with van der Waals surface area (Å²) in [5.74, 6) is 1.66. The molecule has 0 bridgehead atoms. The van der Waals surface area contributed by atoms with Crippen LogP contribution in [0.2, 0.25) is 0 Å². The van der Waals surface area contributed by atoms with Crippen LogP contribution in [0.1, 0.15) is 59.1 Å². The summed E-state index contributed by atoms with van der Waals surface area (Å²) < 4.78 is 0. The Bertz CT molecular complexity index is 702. The van der Waals surface area contributed by atoms with Gasteiger partial charge in [-0.25, -0.2) is 0 Å². The summed E-state index contributed by atoms with van der Waals surface area (Å²) in [4.78, 5) is 0. The van der Waals surface area contributed by atoms with Crippen LogP contribution in [0.15, 0.2) is 36.4 Å². The van der Waals surface area contributed by atoms with E-state index in [-0.39, 0.29) is 0 Å². The van der Waals surface area contributed by atoms with Gasteiger partial charge in [-0.1, -0.05) is 42.8 Å². The Balaban J connectivity index is 1.37. The van der Waals surface area contributed by atoms with E-state index in [1.807, 2.05) is 0 Å². The Labute approximate surface area is 172 Å². The highest BCUT2D eigenvalue weighted by molar-refractivity contribution is 5.30. The predicted octanol–water partition coefficient (Wildman–Crippen LogP) is 5.61. The van der Waals surface area contributed by atoms with Gasteiger partial charge >= 0.3 is 0 Å². The van der Waals surface area contributed by atoms with E-state index < -0.39 is 0 Å². The highest BCUT2D eigenvalue weighted by Crippen LogP contribution is 2.28. The van der Waals surface area contributed by atoms with E-state index in [4.69, 9.17) is 0 Å². The number of benzene rings is 2. The van der Waals surface area contributed by atoms with Crippen LogP contribution in [0, 0.1) is 39.5 Å². The molecule has 2 aromatic rings. The second-order valence-corrected chi connectivity index (χ2v) is 9.00. The van der Waals surface area contributed by atoms with E-state index >= 15 is 0 Å². The lowest BCUT2D eigenvalue weighted by molar-refractivity contribution is 0.252. The molecule has 0 spiro atoms. The minimum Gasteiger partial charge on any atom is -0.312 e. The van der Waals surface area contributed by atoms with Gasteiger partial charge in [0.25, 0.3) is 0 Å². The summed E-state index contributed by atoms with van der Waals surface area (Å²) in [6, 6.07) is 13.6. The van der Waals surface area contributed by atoms with Crippen molar-refractivity contribution in [3.63, 3.8) is 0 Å². The van der Waals surface area contributed by atoms with Crippen molar-refractivity contribution in [1.82, 2.24) is 10.6 Å². The van der Waals surface area contributed by atoms with Crippen molar-refractivity contribution in [2.24, 2.45) is 11.8 Å². The average Bonchev–Trinajstić information content (AvgIpc) is 2.68. The fourth-order valence-electron chi connectivity index (χ4n) is 4.44. The van der Waals surface area contributed by atoms with Crippen molar-refractivity contribution in [3.05, 3.63) is 69.8 Å². The lowest BCUT2D eigenvalue weighted by Crippen LogP contribution is -2.31. The normalized spacial score (nSPS) is 19.7. The second kappa shape index (κ2) is 10.2. The molecule has 0 heterocycles. The number of rotatable bonds is 8. The number of aryl methyl sites for hydroxylation is 4. The molecule has 0 saturated heterocycles. The van der Waals surface area contributed by atoms with Crippen LogP contribution in [-0.2, 0) is 13.1 Å². The van der Waals surface area contributed by atoms with Crippen LogP contribution >= 0.6 is 0 Å². The molecule has 2 N–H and O–H groups in total. The third-order valence-corrected chi connectivity index (χ3v) is 6.56. The van der Waals surface area contributed by atoms with Gasteiger partial charge in [0.1, 0.15) is 0 Å². The van der Waals surface area contributed by atoms with Gasteiger partial charge in [0.05, 0.1) is 0 Å². The Morgan fingerprint density at radius 2 is 1.14 bits per heavy atom. The maximum atomic E-state index is 3.71. The second-order valence-electron chi connectivity index (χ2n) is 9.00. The van der Waals surface area contributed by atoms with Gasteiger partial charge in [-0.3, -0.25) is 0 Å². The molecule has 1 aliphatic carbocycles. The number of nitrogens with one attached hydrogen (secondary N) is 2. The molecule has 2 atom stereocenters. The SMILES string of the molecule is Cc1ccc(CNCC2CCCC(CNCc3ccc(C)c(C)c3)C2)cc1C. The largest absolute Gasteiger partial charge is 0.312 e. The van der Waals surface area contributed by atoms with Crippen LogP contribution in [-0.4, -0.2) is 13.1 Å². The molecule has 2 nitrogen and oxygen atoms in total. The van der Waals surface area contributed by atoms with Crippen molar-refractivity contribution in [2.75, 3.05) is 13.1 Å². The lowest BCUT2D eigenvalue weighted by Gasteiger charge is -2.29. The van der Waals surface area contributed by atoms with Crippen LogP contribution in [0.25, 0.3) is 0 Å². The molecule has 2 heteroatoms. The molecule has 0 amide bonds. The minimum atomic E-state index is 0.828. The van der Waals surface area contributed by atoms with Crippen LogP contribution in [0.4, 0.5) is 0 Å². The Morgan fingerprint density at radius 1 is 0.679 bits per heavy atom. The first-order valence-electron chi connectivity index (χ1n) is 11.0. The molecule has 28 heavy (non-hydrogen) atoms. The minimum absolute atomic E-state index is 0.828. The highest BCUT2D eigenvalue weighted by Gasteiger charge is 2.21. The fraction of sp³-hybridized carbons (Fsp3) is 0.538. The molecule has 2 unspecified atom stereocenters. The van der Waals surface area contributed by atoms with Crippen molar-refractivity contribution in [3.8, 4) is 0 Å². The maximum Gasteiger partial charge on any atom is 0.0205 e. The summed E-state index contributed by atoms with van der Waals surface area (Å²) >= 11 is 0. The zero-order valence-corrected chi connectivity index (χ0v) is 18.3. The molecule has 152 valence electrons. The van der Waals surface area contributed by atoms with E-state index in [9.17, 15) is 0 Å². The fourth-order valence-corrected chi connectivity index (χ4v) is 4.44. The Morgan fingerprint density at radius 3 is 1.57 bits per heavy atom. The summed E-state index contributed by atoms with van der Waals surface area (Å²) in [7, 11) is 0. The smallest absolute Gasteiger partial charge is 0.0205 e. The summed E-state index contributed by atoms with van der Waals surface area (Å²) in [6.07, 6.45) is 5.51. The first kappa shape index (κ1) is 21.1. The highest BCUT2D eigenvalue weighted by atomic mass is 14.9. The van der Waals surface area contributed by atoms with E-state index in [1.54, 1.807) is 0 Å². The summed E-state index contributed by atoms with van der Waals surface area (Å²) in [5, 5.41) is 7.42. The molecule has 1 aliphatic rings. The van der Waals surface area contributed by atoms with Gasteiger partial charge in [-0.2, -0.15) is 0 Å². The zero-order valence-electron chi connectivity index (χ0n) is 18.3. The summed E-state index contributed by atoms with van der Waals surface area (Å²) in [6.45, 7) is 13.1. The molecule has 0 aliphatic heterocycles. The van der Waals surface area contributed by atoms with Crippen molar-refractivity contribution in [2.45, 2.75) is 66.5 Å². The third kappa shape index (κ3) is 6.18. The average molecular weight is 379 g/mol. The van der Waals surface area contributed by atoms with Gasteiger partial charge < -0.3 is 10.6 Å². The van der Waals surface area contributed by atoms with Gasteiger partial charge in [-0.15, -0.1) is 0 Å². The molecular formula is C26H38N2. The maximum absolute atomic E-state index is 3.71. The molecule has 2 aromatic carbocycles. The topological polar surface area (TPSA) is 24.1 Å². The third-order valence-electron chi connectivity index (χ3n) is 6.56. The quantitative estimate of drug-likeness (QED) is 0.624. The van der Waals surface area contributed by atoms with Crippen molar-refractivity contribution < 1.29 is 0 Å². The van der Waals surface area contributed by atoms with E-state index in [0.29, 0.717) is 0 Å². The van der Waals surface area contributed by atoms with Gasteiger partial charge in [0.15, 0.2) is 0 Å². The van der Waals surface area contributed by atoms with Crippen molar-refractivity contribution >= 4 is 0 Å². The van der Waals surface area contributed by atoms with Gasteiger partial charge in [-0.05, 0) is 105 Å². The van der Waals surface area contributed by atoms with Gasteiger partial charge in [0.2, 0.25) is 0 Å². The van der Waals surface area contributed by atoms with Crippen molar-refractivity contribution in [1.29, 1.82) is 0 Å². The first-order valence-corrected chi connectivity index (χ1v) is 11.0. The van der Waals surface area contributed by atoms with E-state index in [2.05, 4.69) is 74.7 Å². The van der Waals surface area contributed by atoms with Crippen LogP contribution < -0.4 is 10.6 Å². The monoisotopic (exact) mass is 378 g/mol. The molecule has 3 rings (SSSR count). The number of hydrogen-bond acceptors (Lipinski definition) is 2. The molecule has 1 fully saturated rings. The number of hydrogen-bond donors (Lipinski definition) is 2. The van der Waals surface area contributed by atoms with Crippen LogP contribution in [0.3, 0.4) is 0 Å². The zero-order chi connectivity index (χ0) is 19.9. The predicted molar refractivity (Wildman–Crippen MR) is 121 cm³/mol. The standard InChI is InChI=1S/C26H38N2/c1-19-8-10-25(12-21(19)3)17-27-15-23-6-5-7-24(14-23)16-28-18-26-11-9-20(2)22(4)13-26/h8-13,23-24,27-28H,5-7,14-18H2,1-4H3. The molecule has 0 radical (unpaired) electrons. The summed E-state index contributed by atoms with van der Waals surface area (Å²) in [5.41, 5.74) is 8.37. The first-order chi connectivity index (χ1) is 13.5. The lowest BCUT2D eigenvalue weighted by atomic mass is 9.81. The molecular weight excluding hydrogens is 340 g/mol. The van der Waals surface area contributed by atoms with E-state index in [0.717, 1.165) is 38.0 Å². The Hall–Kier alpha value is -1.64.